The Bertz CT molecular complexity index is 608. The number of hydrogen-bond acceptors (Lipinski definition) is 3. The molecule has 26 heavy (non-hydrogen) atoms. The summed E-state index contributed by atoms with van der Waals surface area (Å²) >= 11 is 0. The SMILES string of the molecule is CC(C)CC1C(=O)NC(CC(C)(C)C)CN1NC1CC1c1ccccc1. The molecule has 144 valence electrons. The largest absolute Gasteiger partial charge is 0.351 e. The van der Waals surface area contributed by atoms with Gasteiger partial charge in [-0.3, -0.25) is 10.2 Å². The Balaban J connectivity index is 1.67. The zero-order chi connectivity index (χ0) is 18.9. The monoisotopic (exact) mass is 357 g/mol. The summed E-state index contributed by atoms with van der Waals surface area (Å²) in [4.78, 5) is 12.8. The predicted octanol–water partition coefficient (Wildman–Crippen LogP) is 3.70. The molecule has 4 heteroatoms. The van der Waals surface area contributed by atoms with Gasteiger partial charge < -0.3 is 5.32 Å². The van der Waals surface area contributed by atoms with Crippen LogP contribution in [0.1, 0.15) is 65.4 Å². The van der Waals surface area contributed by atoms with Crippen molar-refractivity contribution < 1.29 is 4.79 Å². The number of carbonyl (C=O) groups excluding carboxylic acids is 1. The lowest BCUT2D eigenvalue weighted by atomic mass is 9.86. The third-order valence-electron chi connectivity index (χ3n) is 5.35. The first-order valence-electron chi connectivity index (χ1n) is 10.1. The molecular weight excluding hydrogens is 322 g/mol. The van der Waals surface area contributed by atoms with Crippen molar-refractivity contribution in [3.8, 4) is 0 Å². The van der Waals surface area contributed by atoms with Crippen molar-refractivity contribution in [3.05, 3.63) is 35.9 Å². The number of rotatable bonds is 6. The van der Waals surface area contributed by atoms with Gasteiger partial charge in [0.15, 0.2) is 0 Å². The number of carbonyl (C=O) groups is 1. The maximum atomic E-state index is 12.8. The first-order chi connectivity index (χ1) is 12.2. The molecule has 1 heterocycles. The molecule has 0 bridgehead atoms. The van der Waals surface area contributed by atoms with Gasteiger partial charge in [0.05, 0.1) is 0 Å². The van der Waals surface area contributed by atoms with E-state index >= 15 is 0 Å². The van der Waals surface area contributed by atoms with Gasteiger partial charge in [-0.2, -0.15) is 0 Å². The van der Waals surface area contributed by atoms with Crippen LogP contribution in [0.5, 0.6) is 0 Å². The maximum absolute atomic E-state index is 12.8. The molecule has 3 rings (SSSR count). The quantitative estimate of drug-likeness (QED) is 0.816. The van der Waals surface area contributed by atoms with Gasteiger partial charge in [-0.1, -0.05) is 65.0 Å². The van der Waals surface area contributed by atoms with Crippen LogP contribution in [0.2, 0.25) is 0 Å². The fourth-order valence-electron chi connectivity index (χ4n) is 4.15. The molecule has 0 spiro atoms. The van der Waals surface area contributed by atoms with Gasteiger partial charge in [-0.25, -0.2) is 5.01 Å². The summed E-state index contributed by atoms with van der Waals surface area (Å²) < 4.78 is 0. The molecule has 4 unspecified atom stereocenters. The maximum Gasteiger partial charge on any atom is 0.239 e. The van der Waals surface area contributed by atoms with E-state index in [9.17, 15) is 4.79 Å². The van der Waals surface area contributed by atoms with Crippen LogP contribution in [0.25, 0.3) is 0 Å². The minimum absolute atomic E-state index is 0.0664. The van der Waals surface area contributed by atoms with E-state index in [0.29, 0.717) is 17.9 Å². The Morgan fingerprint density at radius 3 is 2.54 bits per heavy atom. The molecule has 0 aromatic heterocycles. The van der Waals surface area contributed by atoms with Crippen LogP contribution in [0, 0.1) is 11.3 Å². The van der Waals surface area contributed by atoms with Crippen molar-refractivity contribution >= 4 is 5.91 Å². The van der Waals surface area contributed by atoms with Crippen LogP contribution in [0.15, 0.2) is 30.3 Å². The molecule has 1 aliphatic carbocycles. The van der Waals surface area contributed by atoms with Gasteiger partial charge in [0.1, 0.15) is 6.04 Å². The van der Waals surface area contributed by atoms with Crippen molar-refractivity contribution in [2.45, 2.75) is 77.9 Å². The smallest absolute Gasteiger partial charge is 0.239 e. The number of hydrogen-bond donors (Lipinski definition) is 2. The Kier molecular flexibility index (Phi) is 5.73. The minimum Gasteiger partial charge on any atom is -0.351 e. The Labute approximate surface area is 158 Å². The van der Waals surface area contributed by atoms with E-state index in [1.165, 1.54) is 5.56 Å². The Hall–Kier alpha value is -1.39. The standard InChI is InChI=1S/C22H35N3O/c1-15(2)11-20-21(26)23-17(13-22(3,4)5)14-25(20)24-19-12-18(19)16-9-7-6-8-10-16/h6-10,15,17-20,24H,11-14H2,1-5H3,(H,23,26). The molecule has 0 radical (unpaired) electrons. The summed E-state index contributed by atoms with van der Waals surface area (Å²) in [7, 11) is 0. The number of amides is 1. The fourth-order valence-corrected chi connectivity index (χ4v) is 4.15. The van der Waals surface area contributed by atoms with Crippen molar-refractivity contribution in [1.29, 1.82) is 0 Å². The van der Waals surface area contributed by atoms with Crippen LogP contribution >= 0.6 is 0 Å². The first kappa shape index (κ1) is 19.4. The first-order valence-corrected chi connectivity index (χ1v) is 10.1. The van der Waals surface area contributed by atoms with E-state index in [0.717, 1.165) is 25.8 Å². The number of nitrogens with zero attached hydrogens (tertiary/aromatic N) is 1. The molecule has 2 aliphatic rings. The molecule has 1 aromatic rings. The van der Waals surface area contributed by atoms with E-state index in [1.54, 1.807) is 0 Å². The van der Waals surface area contributed by atoms with Gasteiger partial charge >= 0.3 is 0 Å². The van der Waals surface area contributed by atoms with Crippen LogP contribution in [-0.4, -0.2) is 35.6 Å². The summed E-state index contributed by atoms with van der Waals surface area (Å²) in [5.41, 5.74) is 5.33. The fraction of sp³-hybridized carbons (Fsp3) is 0.682. The number of nitrogens with one attached hydrogen (secondary N) is 2. The van der Waals surface area contributed by atoms with Crippen molar-refractivity contribution in [2.24, 2.45) is 11.3 Å². The highest BCUT2D eigenvalue weighted by atomic mass is 16.2. The molecule has 1 aliphatic heterocycles. The second kappa shape index (κ2) is 7.69. The Morgan fingerprint density at radius 1 is 1.23 bits per heavy atom. The molecule has 2 fully saturated rings. The lowest BCUT2D eigenvalue weighted by Gasteiger charge is -2.42. The summed E-state index contributed by atoms with van der Waals surface area (Å²) in [6.45, 7) is 12.0. The average Bonchev–Trinajstić information content (AvgIpc) is 3.29. The van der Waals surface area contributed by atoms with Crippen molar-refractivity contribution in [1.82, 2.24) is 15.8 Å². The number of benzene rings is 1. The highest BCUT2D eigenvalue weighted by Gasteiger charge is 2.43. The molecule has 1 amide bonds. The summed E-state index contributed by atoms with van der Waals surface area (Å²) in [6, 6.07) is 11.3. The van der Waals surface area contributed by atoms with Crippen molar-refractivity contribution in [3.63, 3.8) is 0 Å². The second-order valence-electron chi connectivity index (χ2n) is 9.76. The van der Waals surface area contributed by atoms with Gasteiger partial charge in [0.2, 0.25) is 5.91 Å². The molecule has 1 aromatic carbocycles. The number of piperazine rings is 1. The van der Waals surface area contributed by atoms with Crippen molar-refractivity contribution in [2.75, 3.05) is 6.54 Å². The third kappa shape index (κ3) is 5.08. The highest BCUT2D eigenvalue weighted by molar-refractivity contribution is 5.82. The predicted molar refractivity (Wildman–Crippen MR) is 107 cm³/mol. The van der Waals surface area contributed by atoms with Crippen LogP contribution < -0.4 is 10.7 Å². The van der Waals surface area contributed by atoms with Gasteiger partial charge in [0, 0.05) is 24.5 Å². The summed E-state index contributed by atoms with van der Waals surface area (Å²) in [5.74, 6) is 1.25. The number of hydrazine groups is 1. The van der Waals surface area contributed by atoms with Gasteiger partial charge in [-0.05, 0) is 36.2 Å². The molecule has 4 atom stereocenters. The van der Waals surface area contributed by atoms with Crippen LogP contribution in [0.4, 0.5) is 0 Å². The van der Waals surface area contributed by atoms with Crippen LogP contribution in [0.3, 0.4) is 0 Å². The third-order valence-corrected chi connectivity index (χ3v) is 5.35. The van der Waals surface area contributed by atoms with Gasteiger partial charge in [0.25, 0.3) is 0 Å². The molecule has 1 saturated carbocycles. The molecular formula is C22H35N3O. The lowest BCUT2D eigenvalue weighted by molar-refractivity contribution is -0.134. The van der Waals surface area contributed by atoms with E-state index in [4.69, 9.17) is 0 Å². The van der Waals surface area contributed by atoms with E-state index in [-0.39, 0.29) is 23.4 Å². The molecule has 2 N–H and O–H groups in total. The summed E-state index contributed by atoms with van der Waals surface area (Å²) in [6.07, 6.45) is 3.04. The lowest BCUT2D eigenvalue weighted by Crippen LogP contribution is -2.65. The van der Waals surface area contributed by atoms with Gasteiger partial charge in [-0.15, -0.1) is 0 Å². The van der Waals surface area contributed by atoms with E-state index < -0.39 is 0 Å². The van der Waals surface area contributed by atoms with E-state index in [2.05, 4.69) is 80.7 Å². The average molecular weight is 358 g/mol. The zero-order valence-electron chi connectivity index (χ0n) is 17.0. The second-order valence-corrected chi connectivity index (χ2v) is 9.76. The van der Waals surface area contributed by atoms with Crippen LogP contribution in [-0.2, 0) is 4.79 Å². The topological polar surface area (TPSA) is 44.4 Å². The summed E-state index contributed by atoms with van der Waals surface area (Å²) in [5, 5.41) is 5.53. The van der Waals surface area contributed by atoms with E-state index in [1.807, 2.05) is 0 Å². The minimum atomic E-state index is -0.0664. The molecule has 4 nitrogen and oxygen atoms in total. The Morgan fingerprint density at radius 2 is 1.92 bits per heavy atom. The normalized spacial score (nSPS) is 29.7. The molecule has 1 saturated heterocycles. The highest BCUT2D eigenvalue weighted by Crippen LogP contribution is 2.41. The zero-order valence-corrected chi connectivity index (χ0v) is 17.0.